The van der Waals surface area contributed by atoms with Crippen molar-refractivity contribution in [1.29, 1.82) is 0 Å². The van der Waals surface area contributed by atoms with Crippen LogP contribution in [-0.4, -0.2) is 39.8 Å². The third-order valence-electron chi connectivity index (χ3n) is 4.80. The zero-order valence-electron chi connectivity index (χ0n) is 16.6. The summed E-state index contributed by atoms with van der Waals surface area (Å²) in [4.78, 5) is 29.7. The first kappa shape index (κ1) is 19.8. The number of carbonyl (C=O) groups is 1. The summed E-state index contributed by atoms with van der Waals surface area (Å²) >= 11 is 0. The summed E-state index contributed by atoms with van der Waals surface area (Å²) in [5.74, 6) is -0.211. The molecule has 0 fully saturated rings. The van der Waals surface area contributed by atoms with E-state index in [-0.39, 0.29) is 18.0 Å². The second-order valence-corrected chi connectivity index (χ2v) is 6.66. The zero-order chi connectivity index (χ0) is 20.1. The van der Waals surface area contributed by atoms with Crippen LogP contribution in [0.4, 0.5) is 0 Å². The highest BCUT2D eigenvalue weighted by atomic mass is 16.5. The largest absolute Gasteiger partial charge is 0.382 e. The molecule has 1 N–H and O–H groups in total. The van der Waals surface area contributed by atoms with E-state index in [4.69, 9.17) is 4.74 Å². The van der Waals surface area contributed by atoms with E-state index in [0.29, 0.717) is 30.8 Å². The number of carbonyl (C=O) groups excluding carboxylic acids is 1. The van der Waals surface area contributed by atoms with E-state index < -0.39 is 0 Å². The average Bonchev–Trinajstić information content (AvgIpc) is 2.95. The number of aromatic nitrogens is 3. The van der Waals surface area contributed by atoms with Crippen LogP contribution in [0.5, 0.6) is 0 Å². The molecule has 3 aromatic rings. The van der Waals surface area contributed by atoms with Crippen LogP contribution in [0.25, 0.3) is 16.7 Å². The van der Waals surface area contributed by atoms with Crippen LogP contribution >= 0.6 is 0 Å². The molecule has 1 aromatic carbocycles. The molecule has 0 saturated carbocycles. The van der Waals surface area contributed by atoms with Crippen molar-refractivity contribution in [1.82, 2.24) is 19.4 Å². The Morgan fingerprint density at radius 3 is 2.68 bits per heavy atom. The van der Waals surface area contributed by atoms with Gasteiger partial charge in [0.05, 0.1) is 5.39 Å². The molecule has 7 nitrogen and oxygen atoms in total. The van der Waals surface area contributed by atoms with Crippen molar-refractivity contribution in [2.24, 2.45) is 0 Å². The number of hydrogen-bond acceptors (Lipinski definition) is 4. The van der Waals surface area contributed by atoms with Gasteiger partial charge in [-0.3, -0.25) is 18.7 Å². The molecule has 1 amide bonds. The number of aryl methyl sites for hydroxylation is 1. The van der Waals surface area contributed by atoms with E-state index in [2.05, 4.69) is 10.3 Å². The molecule has 0 spiro atoms. The molecule has 3 rings (SSSR count). The number of ether oxygens (including phenoxy) is 1. The molecule has 2 aromatic heterocycles. The van der Waals surface area contributed by atoms with Crippen molar-refractivity contribution in [2.75, 3.05) is 19.8 Å². The van der Waals surface area contributed by atoms with E-state index in [1.165, 1.54) is 10.9 Å². The highest BCUT2D eigenvalue weighted by Gasteiger charge is 2.18. The smallest absolute Gasteiger partial charge is 0.263 e. The lowest BCUT2D eigenvalue weighted by atomic mass is 10.2. The molecule has 0 radical (unpaired) electrons. The van der Waals surface area contributed by atoms with Crippen LogP contribution < -0.4 is 10.9 Å². The van der Waals surface area contributed by atoms with Crippen molar-refractivity contribution in [3.8, 4) is 5.69 Å². The van der Waals surface area contributed by atoms with E-state index in [0.717, 1.165) is 23.4 Å². The Labute approximate surface area is 164 Å². The normalized spacial score (nSPS) is 11.1. The van der Waals surface area contributed by atoms with Gasteiger partial charge in [-0.15, -0.1) is 0 Å². The summed E-state index contributed by atoms with van der Waals surface area (Å²) in [5, 5.41) is 3.36. The van der Waals surface area contributed by atoms with Crippen LogP contribution in [0.1, 0.15) is 24.6 Å². The molecule has 0 saturated heterocycles. The standard InChI is InChI=1S/C21H26N4O3/c1-4-28-12-8-11-22-18(26)13-24-14-23-20-19(21(24)27)15(2)16(3)25(20)17-9-6-5-7-10-17/h5-7,9-10,14H,4,8,11-13H2,1-3H3,(H,22,26). The van der Waals surface area contributed by atoms with Crippen molar-refractivity contribution in [2.45, 2.75) is 33.7 Å². The maximum absolute atomic E-state index is 13.0. The maximum atomic E-state index is 13.0. The maximum Gasteiger partial charge on any atom is 0.263 e. The monoisotopic (exact) mass is 382 g/mol. The van der Waals surface area contributed by atoms with Crippen molar-refractivity contribution < 1.29 is 9.53 Å². The van der Waals surface area contributed by atoms with Crippen molar-refractivity contribution >= 4 is 16.9 Å². The van der Waals surface area contributed by atoms with Crippen molar-refractivity contribution in [3.63, 3.8) is 0 Å². The molecule has 148 valence electrons. The Morgan fingerprint density at radius 2 is 1.96 bits per heavy atom. The van der Waals surface area contributed by atoms with Crippen LogP contribution in [0.3, 0.4) is 0 Å². The second-order valence-electron chi connectivity index (χ2n) is 6.66. The van der Waals surface area contributed by atoms with Gasteiger partial charge in [0.1, 0.15) is 12.9 Å². The number of amides is 1. The number of nitrogens with one attached hydrogen (secondary N) is 1. The van der Waals surface area contributed by atoms with Gasteiger partial charge in [-0.1, -0.05) is 18.2 Å². The predicted octanol–water partition coefficient (Wildman–Crippen LogP) is 2.35. The molecule has 0 aliphatic heterocycles. The molecular formula is C21H26N4O3. The summed E-state index contributed by atoms with van der Waals surface area (Å²) in [6.45, 7) is 7.56. The van der Waals surface area contributed by atoms with Gasteiger partial charge < -0.3 is 10.1 Å². The van der Waals surface area contributed by atoms with Gasteiger partial charge in [-0.2, -0.15) is 0 Å². The highest BCUT2D eigenvalue weighted by molar-refractivity contribution is 5.83. The number of benzene rings is 1. The molecule has 0 bridgehead atoms. The Hall–Kier alpha value is -2.93. The molecule has 0 aliphatic carbocycles. The van der Waals surface area contributed by atoms with Crippen LogP contribution in [0, 0.1) is 13.8 Å². The molecule has 0 aliphatic rings. The molecule has 0 unspecified atom stereocenters. The van der Waals surface area contributed by atoms with Gasteiger partial charge in [0.15, 0.2) is 5.65 Å². The fraction of sp³-hybridized carbons (Fsp3) is 0.381. The average molecular weight is 382 g/mol. The number of rotatable bonds is 8. The molecular weight excluding hydrogens is 356 g/mol. The quantitative estimate of drug-likeness (QED) is 0.607. The molecule has 7 heteroatoms. The number of para-hydroxylation sites is 1. The van der Waals surface area contributed by atoms with Crippen LogP contribution in [0.15, 0.2) is 41.5 Å². The first-order valence-corrected chi connectivity index (χ1v) is 9.51. The Balaban J connectivity index is 1.85. The van der Waals surface area contributed by atoms with Gasteiger partial charge in [0, 0.05) is 31.1 Å². The summed E-state index contributed by atoms with van der Waals surface area (Å²) in [5.41, 5.74) is 3.20. The minimum Gasteiger partial charge on any atom is -0.382 e. The van der Waals surface area contributed by atoms with E-state index in [1.54, 1.807) is 0 Å². The minimum atomic E-state index is -0.211. The van der Waals surface area contributed by atoms with E-state index in [9.17, 15) is 9.59 Å². The SMILES string of the molecule is CCOCCCNC(=O)Cn1cnc2c(c(C)c(C)n2-c2ccccc2)c1=O. The zero-order valence-corrected chi connectivity index (χ0v) is 16.6. The Kier molecular flexibility index (Phi) is 6.26. The Morgan fingerprint density at radius 1 is 1.21 bits per heavy atom. The first-order valence-electron chi connectivity index (χ1n) is 9.51. The third kappa shape index (κ3) is 3.99. The number of nitrogens with zero attached hydrogens (tertiary/aromatic N) is 3. The highest BCUT2D eigenvalue weighted by Crippen LogP contribution is 2.24. The molecule has 0 atom stereocenters. The lowest BCUT2D eigenvalue weighted by Gasteiger charge is -2.09. The summed E-state index contributed by atoms with van der Waals surface area (Å²) in [6.07, 6.45) is 2.19. The predicted molar refractivity (Wildman–Crippen MR) is 109 cm³/mol. The minimum absolute atomic E-state index is 0.0502. The van der Waals surface area contributed by atoms with Gasteiger partial charge >= 0.3 is 0 Å². The summed E-state index contributed by atoms with van der Waals surface area (Å²) in [7, 11) is 0. The number of hydrogen-bond donors (Lipinski definition) is 1. The fourth-order valence-corrected chi connectivity index (χ4v) is 3.25. The second kappa shape index (κ2) is 8.84. The third-order valence-corrected chi connectivity index (χ3v) is 4.80. The fourth-order valence-electron chi connectivity index (χ4n) is 3.25. The van der Waals surface area contributed by atoms with Gasteiger partial charge in [0.25, 0.3) is 5.56 Å². The van der Waals surface area contributed by atoms with Crippen molar-refractivity contribution in [3.05, 3.63) is 58.3 Å². The van der Waals surface area contributed by atoms with Gasteiger partial charge in [-0.05, 0) is 44.9 Å². The lowest BCUT2D eigenvalue weighted by Crippen LogP contribution is -2.33. The summed E-state index contributed by atoms with van der Waals surface area (Å²) < 4.78 is 8.58. The lowest BCUT2D eigenvalue weighted by molar-refractivity contribution is -0.121. The van der Waals surface area contributed by atoms with Crippen LogP contribution in [0.2, 0.25) is 0 Å². The van der Waals surface area contributed by atoms with E-state index >= 15 is 0 Å². The first-order chi connectivity index (χ1) is 13.5. The van der Waals surface area contributed by atoms with Gasteiger partial charge in [0.2, 0.25) is 5.91 Å². The molecule has 2 heterocycles. The topological polar surface area (TPSA) is 78.2 Å². The molecule has 28 heavy (non-hydrogen) atoms. The number of fused-ring (bicyclic) bond motifs is 1. The Bertz CT molecular complexity index is 1020. The summed E-state index contributed by atoms with van der Waals surface area (Å²) in [6, 6.07) is 9.81. The van der Waals surface area contributed by atoms with Crippen LogP contribution in [-0.2, 0) is 16.1 Å². The van der Waals surface area contributed by atoms with Gasteiger partial charge in [-0.25, -0.2) is 4.98 Å². The van der Waals surface area contributed by atoms with E-state index in [1.807, 2.05) is 55.7 Å².